The largest absolute Gasteiger partial charge is 0.295 e. The molecule has 0 saturated heterocycles. The van der Waals surface area contributed by atoms with Crippen molar-refractivity contribution in [3.05, 3.63) is 23.8 Å². The standard InChI is InChI=1S/C15H20O/c1-10-6-11-7-15(5-4-12(16)8-15)9-13(11)14(10,2)3/h4-6,11,13H,7-9H2,1-3H3/t11-,13+,15+/m0/s1. The summed E-state index contributed by atoms with van der Waals surface area (Å²) in [6.07, 6.45) is 9.65. The first-order chi connectivity index (χ1) is 7.43. The van der Waals surface area contributed by atoms with Crippen molar-refractivity contribution in [3.63, 3.8) is 0 Å². The Morgan fingerprint density at radius 1 is 1.31 bits per heavy atom. The highest BCUT2D eigenvalue weighted by Gasteiger charge is 2.53. The number of hydrogen-bond donors (Lipinski definition) is 0. The molecule has 0 aromatic rings. The topological polar surface area (TPSA) is 17.1 Å². The van der Waals surface area contributed by atoms with Crippen molar-refractivity contribution < 1.29 is 4.79 Å². The Bertz CT molecular complexity index is 413. The van der Waals surface area contributed by atoms with Gasteiger partial charge in [-0.05, 0) is 48.5 Å². The van der Waals surface area contributed by atoms with Gasteiger partial charge in [-0.25, -0.2) is 0 Å². The van der Waals surface area contributed by atoms with E-state index in [1.807, 2.05) is 6.08 Å². The first-order valence-electron chi connectivity index (χ1n) is 6.34. The Balaban J connectivity index is 1.91. The Morgan fingerprint density at radius 2 is 2.06 bits per heavy atom. The average molecular weight is 216 g/mol. The molecule has 86 valence electrons. The van der Waals surface area contributed by atoms with Gasteiger partial charge in [0.05, 0.1) is 0 Å². The summed E-state index contributed by atoms with van der Waals surface area (Å²) in [6, 6.07) is 0. The van der Waals surface area contributed by atoms with E-state index < -0.39 is 0 Å². The number of rotatable bonds is 0. The third-order valence-corrected chi connectivity index (χ3v) is 5.34. The molecule has 3 aliphatic rings. The predicted octanol–water partition coefficient (Wildman–Crippen LogP) is 3.51. The molecule has 16 heavy (non-hydrogen) atoms. The fraction of sp³-hybridized carbons (Fsp3) is 0.667. The minimum atomic E-state index is 0.223. The number of fused-ring (bicyclic) bond motifs is 1. The highest BCUT2D eigenvalue weighted by atomic mass is 16.1. The van der Waals surface area contributed by atoms with Crippen LogP contribution >= 0.6 is 0 Å². The van der Waals surface area contributed by atoms with Gasteiger partial charge >= 0.3 is 0 Å². The van der Waals surface area contributed by atoms with Crippen LogP contribution in [0.4, 0.5) is 0 Å². The minimum Gasteiger partial charge on any atom is -0.295 e. The van der Waals surface area contributed by atoms with Gasteiger partial charge in [0.1, 0.15) is 0 Å². The molecule has 0 aromatic heterocycles. The van der Waals surface area contributed by atoms with Gasteiger partial charge in [0, 0.05) is 6.42 Å². The molecule has 3 atom stereocenters. The Hall–Kier alpha value is -0.850. The maximum Gasteiger partial charge on any atom is 0.156 e. The van der Waals surface area contributed by atoms with Crippen LogP contribution in [0.2, 0.25) is 0 Å². The number of carbonyl (C=O) groups excluding carboxylic acids is 1. The van der Waals surface area contributed by atoms with Gasteiger partial charge in [-0.15, -0.1) is 0 Å². The van der Waals surface area contributed by atoms with Crippen molar-refractivity contribution in [1.82, 2.24) is 0 Å². The zero-order valence-electron chi connectivity index (χ0n) is 10.4. The summed E-state index contributed by atoms with van der Waals surface area (Å²) >= 11 is 0. The highest BCUT2D eigenvalue weighted by Crippen LogP contribution is 2.61. The van der Waals surface area contributed by atoms with E-state index in [1.165, 1.54) is 12.8 Å². The molecule has 1 heteroatoms. The quantitative estimate of drug-likeness (QED) is 0.566. The second kappa shape index (κ2) is 2.88. The van der Waals surface area contributed by atoms with Crippen LogP contribution in [0.1, 0.15) is 40.0 Å². The van der Waals surface area contributed by atoms with Crippen molar-refractivity contribution in [2.45, 2.75) is 40.0 Å². The first-order valence-corrected chi connectivity index (χ1v) is 6.34. The molecule has 0 radical (unpaired) electrons. The fourth-order valence-electron chi connectivity index (χ4n) is 4.09. The molecule has 1 spiro atoms. The van der Waals surface area contributed by atoms with E-state index in [1.54, 1.807) is 5.57 Å². The molecule has 0 unspecified atom stereocenters. The third kappa shape index (κ3) is 1.20. The van der Waals surface area contributed by atoms with Gasteiger partial charge in [0.25, 0.3) is 0 Å². The van der Waals surface area contributed by atoms with Crippen molar-refractivity contribution in [2.75, 3.05) is 0 Å². The van der Waals surface area contributed by atoms with Crippen LogP contribution in [0.25, 0.3) is 0 Å². The molecule has 3 rings (SSSR count). The van der Waals surface area contributed by atoms with Gasteiger partial charge in [-0.3, -0.25) is 4.79 Å². The van der Waals surface area contributed by atoms with Crippen LogP contribution < -0.4 is 0 Å². The van der Waals surface area contributed by atoms with E-state index in [2.05, 4.69) is 32.9 Å². The number of carbonyl (C=O) groups is 1. The first kappa shape index (κ1) is 10.3. The molecule has 0 aromatic carbocycles. The van der Waals surface area contributed by atoms with Gasteiger partial charge in [-0.2, -0.15) is 0 Å². The minimum absolute atomic E-state index is 0.223. The number of hydrogen-bond acceptors (Lipinski definition) is 1. The van der Waals surface area contributed by atoms with E-state index >= 15 is 0 Å². The lowest BCUT2D eigenvalue weighted by Gasteiger charge is -2.31. The molecule has 0 heterocycles. The van der Waals surface area contributed by atoms with E-state index in [0.717, 1.165) is 12.3 Å². The molecule has 1 fully saturated rings. The lowest BCUT2D eigenvalue weighted by Crippen LogP contribution is -2.23. The molecule has 0 N–H and O–H groups in total. The van der Waals surface area contributed by atoms with Crippen LogP contribution in [0, 0.1) is 22.7 Å². The SMILES string of the molecule is CC1=C[C@H]2C[C@@]3(C=CC(=O)C3)C[C@H]2C1(C)C. The maximum atomic E-state index is 11.4. The normalized spacial score (nSPS) is 44.2. The number of allylic oxidation sites excluding steroid dienone is 4. The van der Waals surface area contributed by atoms with E-state index in [4.69, 9.17) is 0 Å². The molecule has 3 aliphatic carbocycles. The molecule has 0 amide bonds. The van der Waals surface area contributed by atoms with Gasteiger partial charge in [0.15, 0.2) is 5.78 Å². The predicted molar refractivity (Wildman–Crippen MR) is 64.9 cm³/mol. The summed E-state index contributed by atoms with van der Waals surface area (Å²) in [5.74, 6) is 1.80. The third-order valence-electron chi connectivity index (χ3n) is 5.34. The van der Waals surface area contributed by atoms with Crippen LogP contribution in [0.3, 0.4) is 0 Å². The Morgan fingerprint density at radius 3 is 2.62 bits per heavy atom. The maximum absolute atomic E-state index is 11.4. The highest BCUT2D eigenvalue weighted by molar-refractivity contribution is 5.93. The second-order valence-electron chi connectivity index (χ2n) is 6.59. The van der Waals surface area contributed by atoms with Crippen molar-refractivity contribution in [1.29, 1.82) is 0 Å². The van der Waals surface area contributed by atoms with Crippen LogP contribution in [0.15, 0.2) is 23.8 Å². The second-order valence-corrected chi connectivity index (χ2v) is 6.59. The summed E-state index contributed by atoms with van der Waals surface area (Å²) in [6.45, 7) is 6.99. The molecular weight excluding hydrogens is 196 g/mol. The lowest BCUT2D eigenvalue weighted by molar-refractivity contribution is -0.115. The van der Waals surface area contributed by atoms with Crippen molar-refractivity contribution in [3.8, 4) is 0 Å². The van der Waals surface area contributed by atoms with E-state index in [9.17, 15) is 4.79 Å². The Kier molecular flexibility index (Phi) is 1.86. The zero-order valence-corrected chi connectivity index (χ0v) is 10.4. The van der Waals surface area contributed by atoms with E-state index in [-0.39, 0.29) is 5.41 Å². The molecular formula is C15H20O. The summed E-state index contributed by atoms with van der Waals surface area (Å²) in [4.78, 5) is 11.4. The smallest absolute Gasteiger partial charge is 0.156 e. The average Bonchev–Trinajstić information content (AvgIpc) is 2.77. The van der Waals surface area contributed by atoms with Crippen molar-refractivity contribution >= 4 is 5.78 Å². The monoisotopic (exact) mass is 216 g/mol. The summed E-state index contributed by atoms with van der Waals surface area (Å²) in [5, 5.41) is 0. The molecule has 0 aliphatic heterocycles. The molecule has 0 bridgehead atoms. The van der Waals surface area contributed by atoms with E-state index in [0.29, 0.717) is 17.1 Å². The van der Waals surface area contributed by atoms with Crippen LogP contribution in [0.5, 0.6) is 0 Å². The number of ketones is 1. The van der Waals surface area contributed by atoms with Crippen LogP contribution in [-0.2, 0) is 4.79 Å². The Labute approximate surface area is 97.6 Å². The summed E-state index contributed by atoms with van der Waals surface area (Å²) < 4.78 is 0. The summed E-state index contributed by atoms with van der Waals surface area (Å²) in [5.41, 5.74) is 2.11. The molecule has 1 saturated carbocycles. The summed E-state index contributed by atoms with van der Waals surface area (Å²) in [7, 11) is 0. The lowest BCUT2D eigenvalue weighted by atomic mass is 9.73. The van der Waals surface area contributed by atoms with Crippen LogP contribution in [-0.4, -0.2) is 5.78 Å². The van der Waals surface area contributed by atoms with Gasteiger partial charge in [-0.1, -0.05) is 31.6 Å². The van der Waals surface area contributed by atoms with Crippen molar-refractivity contribution in [2.24, 2.45) is 22.7 Å². The van der Waals surface area contributed by atoms with Gasteiger partial charge < -0.3 is 0 Å². The van der Waals surface area contributed by atoms with Gasteiger partial charge in [0.2, 0.25) is 0 Å². The zero-order chi connectivity index (χ0) is 11.6. The fourth-order valence-corrected chi connectivity index (χ4v) is 4.09. The molecule has 1 nitrogen and oxygen atoms in total.